The van der Waals surface area contributed by atoms with Crippen LogP contribution >= 0.6 is 23.6 Å². The molecule has 1 aliphatic heterocycles. The Balaban J connectivity index is 1.49. The van der Waals surface area contributed by atoms with Gasteiger partial charge >= 0.3 is 5.97 Å². The number of likely N-dealkylation sites (tertiary alicyclic amines) is 1. The summed E-state index contributed by atoms with van der Waals surface area (Å²) in [5.74, 6) is -0.355. The van der Waals surface area contributed by atoms with E-state index in [2.05, 4.69) is 10.6 Å². The number of esters is 1. The second-order valence-corrected chi connectivity index (χ2v) is 9.74. The van der Waals surface area contributed by atoms with Gasteiger partial charge in [-0.25, -0.2) is 4.79 Å². The first-order valence-electron chi connectivity index (χ1n) is 11.2. The molecular weight excluding hydrogens is 466 g/mol. The van der Waals surface area contributed by atoms with Gasteiger partial charge in [0.15, 0.2) is 5.11 Å². The van der Waals surface area contributed by atoms with E-state index in [1.165, 1.54) is 24.9 Å². The second kappa shape index (κ2) is 10.8. The minimum absolute atomic E-state index is 0.0668. The highest BCUT2D eigenvalue weighted by Gasteiger charge is 2.24. The van der Waals surface area contributed by atoms with E-state index in [0.29, 0.717) is 21.2 Å². The molecule has 4 rings (SSSR count). The van der Waals surface area contributed by atoms with Gasteiger partial charge in [0.1, 0.15) is 10.6 Å². The third-order valence-electron chi connectivity index (χ3n) is 5.80. The van der Waals surface area contributed by atoms with E-state index in [-0.39, 0.29) is 5.91 Å². The molecule has 0 radical (unpaired) electrons. The summed E-state index contributed by atoms with van der Waals surface area (Å²) in [6.07, 6.45) is 3.31. The van der Waals surface area contributed by atoms with Gasteiger partial charge in [-0.3, -0.25) is 4.79 Å². The fraction of sp³-hybridized carbons (Fsp3) is 0.269. The van der Waals surface area contributed by atoms with Crippen molar-refractivity contribution in [3.8, 4) is 11.1 Å². The van der Waals surface area contributed by atoms with E-state index in [1.54, 1.807) is 0 Å². The smallest absolute Gasteiger partial charge is 0.341 e. The monoisotopic (exact) mass is 493 g/mol. The third kappa shape index (κ3) is 5.29. The number of ether oxygens (including phenoxy) is 1. The fourth-order valence-electron chi connectivity index (χ4n) is 4.12. The number of carbonyl (C=O) groups is 2. The lowest BCUT2D eigenvalue weighted by Gasteiger charge is -2.26. The number of nitrogens with zero attached hydrogens (tertiary/aromatic N) is 1. The Labute approximate surface area is 208 Å². The highest BCUT2D eigenvalue weighted by atomic mass is 32.1. The van der Waals surface area contributed by atoms with Crippen LogP contribution in [0.2, 0.25) is 0 Å². The molecule has 176 valence electrons. The van der Waals surface area contributed by atoms with Crippen molar-refractivity contribution in [1.29, 1.82) is 0 Å². The molecule has 0 atom stereocenters. The Hall–Kier alpha value is -3.23. The Bertz CT molecular complexity index is 1180. The summed E-state index contributed by atoms with van der Waals surface area (Å²) in [7, 11) is 1.37. The van der Waals surface area contributed by atoms with Crippen molar-refractivity contribution in [2.45, 2.75) is 26.2 Å². The van der Waals surface area contributed by atoms with E-state index < -0.39 is 5.97 Å². The number of rotatable bonds is 5. The van der Waals surface area contributed by atoms with Crippen LogP contribution in [0.1, 0.15) is 44.9 Å². The minimum Gasteiger partial charge on any atom is -0.465 e. The number of carbonyl (C=O) groups excluding carboxylic acids is 2. The number of benzene rings is 2. The van der Waals surface area contributed by atoms with Gasteiger partial charge in [-0.1, -0.05) is 30.3 Å². The Morgan fingerprint density at radius 3 is 2.29 bits per heavy atom. The Kier molecular flexibility index (Phi) is 7.59. The molecule has 3 aromatic rings. The average molecular weight is 494 g/mol. The van der Waals surface area contributed by atoms with E-state index in [4.69, 9.17) is 17.0 Å². The number of amides is 1. The SMILES string of the molecule is COC(=O)c1c(NC(=S)Nc2ccc(C(=O)N3CCCCC3)cc2)sc(C)c1-c1ccccc1. The van der Waals surface area contributed by atoms with Gasteiger partial charge in [-0.15, -0.1) is 11.3 Å². The predicted octanol–water partition coefficient (Wildman–Crippen LogP) is 5.95. The zero-order valence-electron chi connectivity index (χ0n) is 19.2. The molecule has 34 heavy (non-hydrogen) atoms. The van der Waals surface area contributed by atoms with Crippen LogP contribution in [0.3, 0.4) is 0 Å². The summed E-state index contributed by atoms with van der Waals surface area (Å²) in [5.41, 5.74) is 3.66. The number of hydrogen-bond donors (Lipinski definition) is 2. The number of aryl methyl sites for hydroxylation is 1. The number of methoxy groups -OCH3 is 1. The first kappa shape index (κ1) is 23.9. The molecule has 0 saturated carbocycles. The van der Waals surface area contributed by atoms with E-state index >= 15 is 0 Å². The van der Waals surface area contributed by atoms with Gasteiger partial charge < -0.3 is 20.3 Å². The zero-order chi connectivity index (χ0) is 24.1. The van der Waals surface area contributed by atoms with Crippen molar-refractivity contribution in [3.05, 3.63) is 70.6 Å². The molecule has 0 bridgehead atoms. The first-order chi connectivity index (χ1) is 16.5. The molecule has 2 N–H and O–H groups in total. The van der Waals surface area contributed by atoms with Crippen molar-refractivity contribution in [2.75, 3.05) is 30.8 Å². The third-order valence-corrected chi connectivity index (χ3v) is 7.02. The quantitative estimate of drug-likeness (QED) is 0.338. The lowest BCUT2D eigenvalue weighted by molar-refractivity contribution is 0.0602. The average Bonchev–Trinajstić information content (AvgIpc) is 3.19. The molecule has 0 spiro atoms. The van der Waals surface area contributed by atoms with Gasteiger partial charge in [0.25, 0.3) is 5.91 Å². The summed E-state index contributed by atoms with van der Waals surface area (Å²) < 4.78 is 5.07. The van der Waals surface area contributed by atoms with Gasteiger partial charge in [0.2, 0.25) is 0 Å². The topological polar surface area (TPSA) is 70.7 Å². The van der Waals surface area contributed by atoms with Crippen LogP contribution in [0, 0.1) is 6.92 Å². The van der Waals surface area contributed by atoms with Crippen LogP contribution in [-0.2, 0) is 4.74 Å². The van der Waals surface area contributed by atoms with Crippen LogP contribution in [0.25, 0.3) is 11.1 Å². The van der Waals surface area contributed by atoms with E-state index in [0.717, 1.165) is 47.6 Å². The van der Waals surface area contributed by atoms with Crippen molar-refractivity contribution in [2.24, 2.45) is 0 Å². The molecule has 2 aromatic carbocycles. The lowest BCUT2D eigenvalue weighted by Crippen LogP contribution is -2.35. The van der Waals surface area contributed by atoms with Crippen molar-refractivity contribution >= 4 is 51.2 Å². The number of hydrogen-bond acceptors (Lipinski definition) is 5. The largest absolute Gasteiger partial charge is 0.465 e. The van der Waals surface area contributed by atoms with Gasteiger partial charge in [-0.2, -0.15) is 0 Å². The molecule has 1 amide bonds. The van der Waals surface area contributed by atoms with Crippen LogP contribution in [0.4, 0.5) is 10.7 Å². The molecule has 1 aliphatic rings. The standard InChI is InChI=1S/C26H27N3O3S2/c1-17-21(18-9-5-3-6-10-18)22(25(31)32-2)23(34-17)28-26(33)27-20-13-11-19(12-14-20)24(30)29-15-7-4-8-16-29/h3,5-6,9-14H,4,7-8,15-16H2,1-2H3,(H2,27,28,33). The molecule has 2 heterocycles. The molecule has 1 fully saturated rings. The predicted molar refractivity (Wildman–Crippen MR) is 142 cm³/mol. The molecule has 8 heteroatoms. The minimum atomic E-state index is -0.422. The summed E-state index contributed by atoms with van der Waals surface area (Å²) in [5, 5.41) is 7.27. The zero-order valence-corrected chi connectivity index (χ0v) is 20.9. The Morgan fingerprint density at radius 2 is 1.65 bits per heavy atom. The Morgan fingerprint density at radius 1 is 0.971 bits per heavy atom. The molecule has 6 nitrogen and oxygen atoms in total. The summed E-state index contributed by atoms with van der Waals surface area (Å²) in [4.78, 5) is 28.2. The van der Waals surface area contributed by atoms with Crippen LogP contribution < -0.4 is 10.6 Å². The van der Waals surface area contributed by atoms with Crippen molar-refractivity contribution in [3.63, 3.8) is 0 Å². The van der Waals surface area contributed by atoms with Crippen LogP contribution in [0.15, 0.2) is 54.6 Å². The number of thiocarbonyl (C=S) groups is 1. The van der Waals surface area contributed by atoms with Gasteiger partial charge in [-0.05, 0) is 68.2 Å². The summed E-state index contributed by atoms with van der Waals surface area (Å²) in [6, 6.07) is 17.0. The van der Waals surface area contributed by atoms with E-state index in [1.807, 2.05) is 66.4 Å². The van der Waals surface area contributed by atoms with Crippen molar-refractivity contribution in [1.82, 2.24) is 4.90 Å². The molecule has 0 unspecified atom stereocenters. The molecule has 1 aromatic heterocycles. The number of piperidine rings is 1. The van der Waals surface area contributed by atoms with Crippen LogP contribution in [-0.4, -0.2) is 42.1 Å². The van der Waals surface area contributed by atoms with E-state index in [9.17, 15) is 9.59 Å². The maximum absolute atomic E-state index is 12.7. The van der Waals surface area contributed by atoms with Crippen molar-refractivity contribution < 1.29 is 14.3 Å². The molecule has 1 saturated heterocycles. The number of nitrogens with one attached hydrogen (secondary N) is 2. The summed E-state index contributed by atoms with van der Waals surface area (Å²) in [6.45, 7) is 3.61. The fourth-order valence-corrected chi connectivity index (χ4v) is 5.48. The van der Waals surface area contributed by atoms with Gasteiger partial charge in [0, 0.05) is 34.8 Å². The maximum atomic E-state index is 12.7. The summed E-state index contributed by atoms with van der Waals surface area (Å²) >= 11 is 6.96. The lowest BCUT2D eigenvalue weighted by atomic mass is 10.0. The van der Waals surface area contributed by atoms with Crippen LogP contribution in [0.5, 0.6) is 0 Å². The van der Waals surface area contributed by atoms with Gasteiger partial charge in [0.05, 0.1) is 7.11 Å². The number of thiophene rings is 1. The highest BCUT2D eigenvalue weighted by Crippen LogP contribution is 2.40. The normalized spacial score (nSPS) is 13.3. The molecule has 0 aliphatic carbocycles. The maximum Gasteiger partial charge on any atom is 0.341 e. The molecular formula is C26H27N3O3S2. The first-order valence-corrected chi connectivity index (χ1v) is 12.4. The second-order valence-electron chi connectivity index (χ2n) is 8.10. The number of anilines is 2. The highest BCUT2D eigenvalue weighted by molar-refractivity contribution is 7.80.